The van der Waals surface area contributed by atoms with E-state index in [1.54, 1.807) is 0 Å². The first-order valence-electron chi connectivity index (χ1n) is 3.11. The van der Waals surface area contributed by atoms with Gasteiger partial charge in [0.15, 0.2) is 5.63 Å². The van der Waals surface area contributed by atoms with E-state index in [0.29, 0.717) is 12.3 Å². The summed E-state index contributed by atoms with van der Waals surface area (Å²) in [5, 5.41) is 0. The minimum Gasteiger partial charge on any atom is -0.230 e. The number of hydrogen-bond acceptors (Lipinski definition) is 0. The minimum atomic E-state index is -1.17. The molecule has 0 rings (SSSR count). The predicted octanol–water partition coefficient (Wildman–Crippen LogP) is 3.32. The van der Waals surface area contributed by atoms with Crippen LogP contribution in [0.25, 0.3) is 0 Å². The van der Waals surface area contributed by atoms with Gasteiger partial charge in [0.25, 0.3) is 0 Å². The first kappa shape index (κ1) is 9.51. The normalized spacial score (nSPS) is 13.7. The third-order valence-corrected chi connectivity index (χ3v) is 1.54. The number of rotatable bonds is 5. The van der Waals surface area contributed by atoms with Gasteiger partial charge in [-0.1, -0.05) is 18.0 Å². The largest absolute Gasteiger partial charge is 0.230 e. The maximum atomic E-state index is 11.9. The average molecular weight is 173 g/mol. The van der Waals surface area contributed by atoms with Crippen molar-refractivity contribution >= 4 is 23.2 Å². The molecule has 1 unspecified atom stereocenters. The Morgan fingerprint density at radius 1 is 1.22 bits per heavy atom. The van der Waals surface area contributed by atoms with Crippen LogP contribution in [0.3, 0.4) is 0 Å². The van der Waals surface area contributed by atoms with Gasteiger partial charge in [0.1, 0.15) is 0 Å². The Bertz CT molecular complexity index is 57.0. The third kappa shape index (κ3) is 8.51. The molecule has 1 atom stereocenters. The van der Waals surface area contributed by atoms with E-state index in [1.807, 2.05) is 0 Å². The van der Waals surface area contributed by atoms with Crippen molar-refractivity contribution in [3.8, 4) is 0 Å². The van der Waals surface area contributed by atoms with Crippen molar-refractivity contribution < 1.29 is 4.39 Å². The van der Waals surface area contributed by atoms with Crippen molar-refractivity contribution in [1.82, 2.24) is 0 Å². The summed E-state index contributed by atoms with van der Waals surface area (Å²) in [5.74, 6) is 0.666. The van der Waals surface area contributed by atoms with Gasteiger partial charge in [-0.25, -0.2) is 4.39 Å². The molecule has 0 spiro atoms. The molecule has 0 aliphatic rings. The number of hydrogen-bond donors (Lipinski definition) is 0. The van der Waals surface area contributed by atoms with Gasteiger partial charge in [-0.15, -0.1) is 11.6 Å². The summed E-state index contributed by atoms with van der Waals surface area (Å²) in [7, 11) is 0. The molecule has 0 fully saturated rings. The smallest absolute Gasteiger partial charge is 0.173 e. The zero-order valence-electron chi connectivity index (χ0n) is 5.25. The van der Waals surface area contributed by atoms with Gasteiger partial charge in [0.2, 0.25) is 0 Å². The summed E-state index contributed by atoms with van der Waals surface area (Å²) >= 11 is 10.4. The van der Waals surface area contributed by atoms with Crippen molar-refractivity contribution in [2.45, 2.75) is 31.3 Å². The summed E-state index contributed by atoms with van der Waals surface area (Å²) in [6.07, 6.45) is 3.25. The van der Waals surface area contributed by atoms with Gasteiger partial charge >= 0.3 is 0 Å². The van der Waals surface area contributed by atoms with Crippen LogP contribution >= 0.6 is 23.2 Å². The van der Waals surface area contributed by atoms with E-state index in [9.17, 15) is 4.39 Å². The van der Waals surface area contributed by atoms with Crippen LogP contribution in [0, 0.1) is 0 Å². The van der Waals surface area contributed by atoms with E-state index in [1.165, 1.54) is 0 Å². The molecule has 0 heterocycles. The fourth-order valence-electron chi connectivity index (χ4n) is 0.570. The molecule has 0 radical (unpaired) electrons. The highest BCUT2D eigenvalue weighted by atomic mass is 35.5. The van der Waals surface area contributed by atoms with E-state index in [0.717, 1.165) is 19.3 Å². The van der Waals surface area contributed by atoms with E-state index in [4.69, 9.17) is 23.2 Å². The van der Waals surface area contributed by atoms with Crippen LogP contribution in [-0.4, -0.2) is 11.5 Å². The molecule has 3 heteroatoms. The standard InChI is InChI=1S/C6H11Cl2F/c7-5-3-1-2-4-6(8)9/h6H,1-5H2. The second-order valence-corrected chi connectivity index (χ2v) is 2.78. The molecular weight excluding hydrogens is 162 g/mol. The van der Waals surface area contributed by atoms with E-state index < -0.39 is 5.63 Å². The topological polar surface area (TPSA) is 0 Å². The first-order valence-corrected chi connectivity index (χ1v) is 4.08. The van der Waals surface area contributed by atoms with E-state index >= 15 is 0 Å². The maximum Gasteiger partial charge on any atom is 0.173 e. The Morgan fingerprint density at radius 3 is 2.33 bits per heavy atom. The van der Waals surface area contributed by atoms with Crippen molar-refractivity contribution in [1.29, 1.82) is 0 Å². The van der Waals surface area contributed by atoms with Crippen molar-refractivity contribution in [2.24, 2.45) is 0 Å². The summed E-state index contributed by atoms with van der Waals surface area (Å²) < 4.78 is 11.9. The number of halogens is 3. The van der Waals surface area contributed by atoms with Gasteiger partial charge < -0.3 is 0 Å². The summed E-state index contributed by atoms with van der Waals surface area (Å²) in [4.78, 5) is 0. The molecule has 0 aromatic carbocycles. The van der Waals surface area contributed by atoms with Crippen molar-refractivity contribution in [3.63, 3.8) is 0 Å². The average Bonchev–Trinajstić information content (AvgIpc) is 1.80. The lowest BCUT2D eigenvalue weighted by atomic mass is 10.2. The molecule has 0 aliphatic carbocycles. The van der Waals surface area contributed by atoms with Gasteiger partial charge in [-0.05, 0) is 19.3 Å². The zero-order valence-corrected chi connectivity index (χ0v) is 6.76. The van der Waals surface area contributed by atoms with Crippen LogP contribution < -0.4 is 0 Å². The molecule has 0 aliphatic heterocycles. The third-order valence-electron chi connectivity index (χ3n) is 1.06. The van der Waals surface area contributed by atoms with Crippen LogP contribution in [0.4, 0.5) is 4.39 Å². The molecule has 0 bridgehead atoms. The minimum absolute atomic E-state index is 0.457. The molecule has 0 amide bonds. The zero-order chi connectivity index (χ0) is 7.11. The van der Waals surface area contributed by atoms with Crippen LogP contribution in [-0.2, 0) is 0 Å². The molecule has 9 heavy (non-hydrogen) atoms. The quantitative estimate of drug-likeness (QED) is 0.441. The second-order valence-electron chi connectivity index (χ2n) is 1.93. The van der Waals surface area contributed by atoms with Crippen LogP contribution in [0.2, 0.25) is 0 Å². The maximum absolute atomic E-state index is 11.9. The van der Waals surface area contributed by atoms with Crippen molar-refractivity contribution in [3.05, 3.63) is 0 Å². The highest BCUT2D eigenvalue weighted by Gasteiger charge is 1.98. The molecule has 0 N–H and O–H groups in total. The summed E-state index contributed by atoms with van der Waals surface area (Å²) in [5.41, 5.74) is -1.17. The Morgan fingerprint density at radius 2 is 1.89 bits per heavy atom. The Kier molecular flexibility index (Phi) is 7.00. The molecule has 0 aromatic heterocycles. The fourth-order valence-corrected chi connectivity index (χ4v) is 0.913. The molecule has 0 aromatic rings. The monoisotopic (exact) mass is 172 g/mol. The van der Waals surface area contributed by atoms with Gasteiger partial charge in [-0.3, -0.25) is 0 Å². The number of unbranched alkanes of at least 4 members (excludes halogenated alkanes) is 2. The lowest BCUT2D eigenvalue weighted by Gasteiger charge is -1.97. The molecule has 0 saturated carbocycles. The SMILES string of the molecule is FC(Cl)CCCCCCl. The Hall–Kier alpha value is 0.510. The molecular formula is C6H11Cl2F. The number of alkyl halides is 3. The Balaban J connectivity index is 2.75. The second kappa shape index (κ2) is 6.63. The summed E-state index contributed by atoms with van der Waals surface area (Å²) in [6.45, 7) is 0. The van der Waals surface area contributed by atoms with Gasteiger partial charge in [0.05, 0.1) is 0 Å². The predicted molar refractivity (Wildman–Crippen MR) is 39.9 cm³/mol. The van der Waals surface area contributed by atoms with Crippen molar-refractivity contribution in [2.75, 3.05) is 5.88 Å². The Labute approximate surface area is 65.3 Å². The molecule has 0 saturated heterocycles. The summed E-state index contributed by atoms with van der Waals surface area (Å²) in [6, 6.07) is 0. The highest BCUT2D eigenvalue weighted by molar-refractivity contribution is 6.19. The lowest BCUT2D eigenvalue weighted by Crippen LogP contribution is -1.87. The van der Waals surface area contributed by atoms with Crippen LogP contribution in [0.5, 0.6) is 0 Å². The van der Waals surface area contributed by atoms with E-state index in [-0.39, 0.29) is 0 Å². The van der Waals surface area contributed by atoms with Gasteiger partial charge in [-0.2, -0.15) is 0 Å². The highest BCUT2D eigenvalue weighted by Crippen LogP contribution is 2.09. The van der Waals surface area contributed by atoms with E-state index in [2.05, 4.69) is 0 Å². The van der Waals surface area contributed by atoms with Crippen LogP contribution in [0.1, 0.15) is 25.7 Å². The van der Waals surface area contributed by atoms with Crippen LogP contribution in [0.15, 0.2) is 0 Å². The molecule has 56 valence electrons. The fraction of sp³-hybridized carbons (Fsp3) is 1.00. The van der Waals surface area contributed by atoms with Gasteiger partial charge in [0, 0.05) is 5.88 Å². The lowest BCUT2D eigenvalue weighted by molar-refractivity contribution is 0.407. The molecule has 0 nitrogen and oxygen atoms in total. The first-order chi connectivity index (χ1) is 4.27.